The van der Waals surface area contributed by atoms with Gasteiger partial charge in [-0.3, -0.25) is 9.69 Å². The maximum atomic E-state index is 13.8. The summed E-state index contributed by atoms with van der Waals surface area (Å²) in [4.78, 5) is 32.4. The van der Waals surface area contributed by atoms with E-state index in [4.69, 9.17) is 0 Å². The van der Waals surface area contributed by atoms with Crippen molar-refractivity contribution in [2.75, 3.05) is 31.1 Å². The van der Waals surface area contributed by atoms with Crippen LogP contribution < -0.4 is 4.90 Å². The van der Waals surface area contributed by atoms with Crippen molar-refractivity contribution in [3.8, 4) is 0 Å². The summed E-state index contributed by atoms with van der Waals surface area (Å²) >= 11 is 0. The van der Waals surface area contributed by atoms with E-state index in [0.29, 0.717) is 26.2 Å². The zero-order valence-corrected chi connectivity index (χ0v) is 18.7. The minimum absolute atomic E-state index is 0.0539. The Bertz CT molecular complexity index is 1150. The highest BCUT2D eigenvalue weighted by molar-refractivity contribution is 6.05. The first-order valence-corrected chi connectivity index (χ1v) is 11.4. The number of nitrogens with zero attached hydrogens (tertiary/aromatic N) is 3. The smallest absolute Gasteiger partial charge is 0.329 e. The molecule has 2 aliphatic heterocycles. The van der Waals surface area contributed by atoms with Crippen LogP contribution in [0.4, 0.5) is 16.2 Å². The summed E-state index contributed by atoms with van der Waals surface area (Å²) in [7, 11) is 0. The molecule has 2 heterocycles. The average molecular weight is 438 g/mol. The van der Waals surface area contributed by atoms with Gasteiger partial charge in [-0.2, -0.15) is 0 Å². The van der Waals surface area contributed by atoms with Gasteiger partial charge in [-0.1, -0.05) is 78.9 Å². The van der Waals surface area contributed by atoms with Gasteiger partial charge in [0.05, 0.1) is 17.3 Å². The van der Waals surface area contributed by atoms with Gasteiger partial charge < -0.3 is 9.80 Å². The molecular formula is C28H27N3O2. The second-order valence-corrected chi connectivity index (χ2v) is 8.51. The van der Waals surface area contributed by atoms with Crippen molar-refractivity contribution in [2.24, 2.45) is 0 Å². The largest absolute Gasteiger partial charge is 0.339 e. The normalized spacial score (nSPS) is 16.0. The van der Waals surface area contributed by atoms with Crippen molar-refractivity contribution in [1.29, 1.82) is 0 Å². The van der Waals surface area contributed by atoms with Crippen molar-refractivity contribution in [3.63, 3.8) is 0 Å². The van der Waals surface area contributed by atoms with Crippen LogP contribution in [0.2, 0.25) is 0 Å². The van der Waals surface area contributed by atoms with Crippen LogP contribution in [0.25, 0.3) is 12.2 Å². The highest BCUT2D eigenvalue weighted by atomic mass is 16.2. The molecular weight excluding hydrogens is 410 g/mol. The summed E-state index contributed by atoms with van der Waals surface area (Å²) in [6, 6.07) is 25.7. The number of urea groups is 1. The molecule has 0 aromatic heterocycles. The molecule has 33 heavy (non-hydrogen) atoms. The Labute approximate surface area is 194 Å². The minimum atomic E-state index is -0.191. The third-order valence-corrected chi connectivity index (χ3v) is 6.52. The van der Waals surface area contributed by atoms with Crippen molar-refractivity contribution >= 4 is 35.5 Å². The van der Waals surface area contributed by atoms with Crippen LogP contribution in [0, 0.1) is 0 Å². The molecule has 2 aliphatic rings. The lowest BCUT2D eigenvalue weighted by Crippen LogP contribution is -2.54. The van der Waals surface area contributed by atoms with E-state index < -0.39 is 0 Å². The van der Waals surface area contributed by atoms with Crippen LogP contribution in [-0.4, -0.2) is 47.9 Å². The number of anilines is 2. The predicted molar refractivity (Wildman–Crippen MR) is 132 cm³/mol. The van der Waals surface area contributed by atoms with Gasteiger partial charge in [-0.25, -0.2) is 4.79 Å². The van der Waals surface area contributed by atoms with Gasteiger partial charge in [-0.05, 0) is 35.7 Å². The van der Waals surface area contributed by atoms with Crippen LogP contribution in [0.1, 0.15) is 29.5 Å². The monoisotopic (exact) mass is 437 g/mol. The van der Waals surface area contributed by atoms with Crippen LogP contribution in [0.15, 0.2) is 78.9 Å². The van der Waals surface area contributed by atoms with Gasteiger partial charge in [0.1, 0.15) is 0 Å². The second-order valence-electron chi connectivity index (χ2n) is 8.51. The molecule has 1 saturated heterocycles. The number of fused-ring (bicyclic) bond motifs is 2. The molecule has 0 radical (unpaired) electrons. The van der Waals surface area contributed by atoms with Crippen LogP contribution in [-0.2, 0) is 4.79 Å². The Morgan fingerprint density at radius 2 is 1.15 bits per heavy atom. The third kappa shape index (κ3) is 4.02. The lowest BCUT2D eigenvalue weighted by Gasteiger charge is -2.38. The van der Waals surface area contributed by atoms with E-state index in [1.54, 1.807) is 0 Å². The first-order chi connectivity index (χ1) is 16.1. The van der Waals surface area contributed by atoms with E-state index in [0.717, 1.165) is 28.1 Å². The van der Waals surface area contributed by atoms with Gasteiger partial charge in [0.15, 0.2) is 0 Å². The minimum Gasteiger partial charge on any atom is -0.339 e. The fourth-order valence-corrected chi connectivity index (χ4v) is 4.60. The number of hydrogen-bond acceptors (Lipinski definition) is 2. The number of rotatable bonds is 2. The molecule has 0 spiro atoms. The maximum absolute atomic E-state index is 13.8. The summed E-state index contributed by atoms with van der Waals surface area (Å²) in [5.74, 6) is -0.0770. The Kier molecular flexibility index (Phi) is 5.69. The molecule has 1 unspecified atom stereocenters. The summed E-state index contributed by atoms with van der Waals surface area (Å²) in [5, 5.41) is 0. The van der Waals surface area contributed by atoms with E-state index in [-0.39, 0.29) is 17.9 Å². The first kappa shape index (κ1) is 21.0. The molecule has 5 nitrogen and oxygen atoms in total. The highest BCUT2D eigenvalue weighted by Crippen LogP contribution is 2.37. The van der Waals surface area contributed by atoms with E-state index in [9.17, 15) is 9.59 Å². The molecule has 0 saturated carbocycles. The average Bonchev–Trinajstić information content (AvgIpc) is 3.05. The van der Waals surface area contributed by atoms with Gasteiger partial charge in [-0.15, -0.1) is 0 Å². The molecule has 0 aliphatic carbocycles. The third-order valence-electron chi connectivity index (χ3n) is 6.52. The number of amides is 3. The summed E-state index contributed by atoms with van der Waals surface area (Å²) in [6.07, 6.45) is 4.12. The van der Waals surface area contributed by atoms with Gasteiger partial charge in [0, 0.05) is 26.2 Å². The van der Waals surface area contributed by atoms with Crippen LogP contribution in [0.5, 0.6) is 0 Å². The molecule has 3 amide bonds. The predicted octanol–water partition coefficient (Wildman–Crippen LogP) is 5.38. The van der Waals surface area contributed by atoms with E-state index in [1.807, 2.05) is 100 Å². The van der Waals surface area contributed by atoms with Crippen LogP contribution in [0.3, 0.4) is 0 Å². The molecule has 0 N–H and O–H groups in total. The number of benzene rings is 3. The molecule has 5 rings (SSSR count). The standard InChI is InChI=1S/C28H27N3O2/c1-21(22-9-3-2-4-10-22)27(32)29-17-19-30(20-18-29)28(33)31-25-13-7-5-11-23(25)15-16-24-12-6-8-14-26(24)31/h2-16,21H,17-20H2,1H3. The summed E-state index contributed by atoms with van der Waals surface area (Å²) in [5.41, 5.74) is 4.78. The first-order valence-electron chi connectivity index (χ1n) is 11.4. The Balaban J connectivity index is 1.34. The number of para-hydroxylation sites is 2. The summed E-state index contributed by atoms with van der Waals surface area (Å²) in [6.45, 7) is 4.06. The van der Waals surface area contributed by atoms with Crippen LogP contribution >= 0.6 is 0 Å². The molecule has 1 fully saturated rings. The molecule has 3 aromatic rings. The van der Waals surface area contributed by atoms with Crippen molar-refractivity contribution in [3.05, 3.63) is 95.6 Å². The summed E-state index contributed by atoms with van der Waals surface area (Å²) < 4.78 is 0. The quantitative estimate of drug-likeness (QED) is 0.541. The van der Waals surface area contributed by atoms with Gasteiger partial charge >= 0.3 is 6.03 Å². The van der Waals surface area contributed by atoms with E-state index in [1.165, 1.54) is 0 Å². The number of carbonyl (C=O) groups excluding carboxylic acids is 2. The number of hydrogen-bond donors (Lipinski definition) is 0. The lowest BCUT2D eigenvalue weighted by molar-refractivity contribution is -0.133. The van der Waals surface area contributed by atoms with Gasteiger partial charge in [0.25, 0.3) is 0 Å². The zero-order valence-electron chi connectivity index (χ0n) is 18.7. The molecule has 0 bridgehead atoms. The number of piperazine rings is 1. The Morgan fingerprint density at radius 3 is 1.73 bits per heavy atom. The molecule has 5 heteroatoms. The zero-order chi connectivity index (χ0) is 22.8. The van der Waals surface area contributed by atoms with E-state index in [2.05, 4.69) is 12.2 Å². The fraction of sp³-hybridized carbons (Fsp3) is 0.214. The molecule has 3 aromatic carbocycles. The second kappa shape index (κ2) is 8.94. The Morgan fingerprint density at radius 1 is 0.667 bits per heavy atom. The SMILES string of the molecule is CC(C(=O)N1CCN(C(=O)N2c3ccccc3C=Cc3ccccc32)CC1)c1ccccc1. The molecule has 1 atom stereocenters. The van der Waals surface area contributed by atoms with Gasteiger partial charge in [0.2, 0.25) is 5.91 Å². The number of carbonyl (C=O) groups is 2. The van der Waals surface area contributed by atoms with E-state index >= 15 is 0 Å². The van der Waals surface area contributed by atoms with Crippen molar-refractivity contribution < 1.29 is 9.59 Å². The highest BCUT2D eigenvalue weighted by Gasteiger charge is 2.32. The van der Waals surface area contributed by atoms with Crippen molar-refractivity contribution in [1.82, 2.24) is 9.80 Å². The maximum Gasteiger partial charge on any atom is 0.329 e. The lowest BCUT2D eigenvalue weighted by atomic mass is 9.99. The topological polar surface area (TPSA) is 43.9 Å². The molecule has 166 valence electrons. The Hall–Kier alpha value is -3.86. The fourth-order valence-electron chi connectivity index (χ4n) is 4.60. The van der Waals surface area contributed by atoms with Crippen molar-refractivity contribution in [2.45, 2.75) is 12.8 Å².